The van der Waals surface area contributed by atoms with Crippen molar-refractivity contribution in [1.82, 2.24) is 0 Å². The van der Waals surface area contributed by atoms with E-state index in [0.29, 0.717) is 0 Å². The normalized spacial score (nSPS) is 9.11. The quantitative estimate of drug-likeness (QED) is 0.423. The lowest BCUT2D eigenvalue weighted by molar-refractivity contribution is -0.108. The van der Waals surface area contributed by atoms with Crippen molar-refractivity contribution >= 4 is 15.6 Å². The Bertz CT molecular complexity index is 118. The molecule has 0 unspecified atom stereocenters. The van der Waals surface area contributed by atoms with Gasteiger partial charge < -0.3 is 4.79 Å². The third kappa shape index (κ3) is 4.15. The minimum Gasteiger partial charge on any atom is -0.301 e. The molecule has 0 saturated heterocycles. The van der Waals surface area contributed by atoms with Crippen LogP contribution in [-0.2, 0) is 4.79 Å². The summed E-state index contributed by atoms with van der Waals surface area (Å²) in [6.45, 7) is 5.72. The average molecular weight is 140 g/mol. The highest BCUT2D eigenvalue weighted by Gasteiger charge is 1.97. The topological polar surface area (TPSA) is 17.1 Å². The van der Waals surface area contributed by atoms with Crippen LogP contribution in [0.3, 0.4) is 0 Å². The maximum absolute atomic E-state index is 10.5. The minimum absolute atomic E-state index is 0.0449. The van der Waals surface area contributed by atoms with Crippen molar-refractivity contribution in [3.63, 3.8) is 0 Å². The van der Waals surface area contributed by atoms with Crippen molar-refractivity contribution in [3.05, 3.63) is 12.2 Å². The molecule has 2 radical (unpaired) electrons. The van der Waals surface area contributed by atoms with Gasteiger partial charge in [-0.05, 0) is 18.4 Å². The largest absolute Gasteiger partial charge is 0.301 e. The van der Waals surface area contributed by atoms with Gasteiger partial charge in [0, 0.05) is 0 Å². The lowest BCUT2D eigenvalue weighted by Crippen LogP contribution is -1.99. The first kappa shape index (κ1) is 8.63. The van der Waals surface area contributed by atoms with Gasteiger partial charge in [0.15, 0.2) is 0 Å². The number of rotatable bonds is 4. The summed E-state index contributed by atoms with van der Waals surface area (Å²) < 4.78 is 0. The van der Waals surface area contributed by atoms with Crippen LogP contribution in [0.4, 0.5) is 0 Å². The van der Waals surface area contributed by atoms with Gasteiger partial charge in [-0.1, -0.05) is 19.9 Å². The van der Waals surface area contributed by atoms with Crippen LogP contribution in [0.1, 0.15) is 26.2 Å². The molecule has 0 fully saturated rings. The maximum Gasteiger partial charge on any atom is 0.127 e. The molecule has 0 aliphatic rings. The third-order valence-corrected chi connectivity index (χ3v) is 1.59. The molecule has 0 atom stereocenters. The summed E-state index contributed by atoms with van der Waals surface area (Å²) in [7, 11) is 2.13. The predicted octanol–water partition coefficient (Wildman–Crippen LogP) is 1.16. The van der Waals surface area contributed by atoms with Crippen molar-refractivity contribution in [1.29, 1.82) is 0 Å². The van der Waals surface area contributed by atoms with E-state index < -0.39 is 0 Å². The zero-order chi connectivity index (χ0) is 7.28. The summed E-state index contributed by atoms with van der Waals surface area (Å²) >= 11 is 0. The van der Waals surface area contributed by atoms with Crippen molar-refractivity contribution in [2.24, 2.45) is 0 Å². The molecular weight excluding hydrogens is 128 g/mol. The van der Waals surface area contributed by atoms with Crippen LogP contribution >= 0.6 is 0 Å². The molecule has 50 valence electrons. The zero-order valence-corrected chi connectivity index (χ0v) is 6.97. The van der Waals surface area contributed by atoms with Crippen LogP contribution in [0.15, 0.2) is 12.2 Å². The highest BCUT2D eigenvalue weighted by atomic mass is 28.1. The summed E-state index contributed by atoms with van der Waals surface area (Å²) in [4.78, 5) is 10.5. The van der Waals surface area contributed by atoms with E-state index in [4.69, 9.17) is 0 Å². The number of hydrogen-bond donors (Lipinski definition) is 0. The molecule has 1 nitrogen and oxygen atoms in total. The minimum atomic E-state index is 0.0449. The summed E-state index contributed by atoms with van der Waals surface area (Å²) in [5, 5.41) is 0.0449. The Morgan fingerprint density at radius 2 is 2.22 bits per heavy atom. The Balaban J connectivity index is 3.39. The van der Waals surface area contributed by atoms with Crippen LogP contribution in [0, 0.1) is 0 Å². The van der Waals surface area contributed by atoms with Gasteiger partial charge in [0.25, 0.3) is 0 Å². The van der Waals surface area contributed by atoms with E-state index in [0.717, 1.165) is 24.8 Å². The second-order valence-electron chi connectivity index (χ2n) is 2.07. The SMILES string of the molecule is C=C(CCCC)C(=O)[SiH]. The maximum atomic E-state index is 10.5. The van der Waals surface area contributed by atoms with Gasteiger partial charge in [-0.25, -0.2) is 0 Å². The van der Waals surface area contributed by atoms with Gasteiger partial charge in [-0.15, -0.1) is 0 Å². The molecule has 0 amide bonds. The Morgan fingerprint density at radius 1 is 1.67 bits per heavy atom. The monoisotopic (exact) mass is 140 g/mol. The molecule has 0 aliphatic heterocycles. The van der Waals surface area contributed by atoms with Crippen LogP contribution in [0.2, 0.25) is 0 Å². The van der Waals surface area contributed by atoms with Crippen molar-refractivity contribution in [3.8, 4) is 0 Å². The van der Waals surface area contributed by atoms with E-state index in [1.807, 2.05) is 0 Å². The first-order chi connectivity index (χ1) is 4.18. The van der Waals surface area contributed by atoms with Crippen LogP contribution in [0.25, 0.3) is 0 Å². The lowest BCUT2D eigenvalue weighted by Gasteiger charge is -1.96. The molecule has 0 spiro atoms. The van der Waals surface area contributed by atoms with E-state index in [-0.39, 0.29) is 5.41 Å². The molecule has 0 N–H and O–H groups in total. The molecule has 0 saturated carbocycles. The van der Waals surface area contributed by atoms with E-state index in [2.05, 4.69) is 23.7 Å². The molecule has 9 heavy (non-hydrogen) atoms. The first-order valence-electron chi connectivity index (χ1n) is 3.16. The fraction of sp³-hybridized carbons (Fsp3) is 0.571. The van der Waals surface area contributed by atoms with Gasteiger partial charge in [0.05, 0.1) is 0 Å². The number of carbonyl (C=O) groups is 1. The van der Waals surface area contributed by atoms with E-state index >= 15 is 0 Å². The molecular formula is C7H12OSi. The van der Waals surface area contributed by atoms with E-state index in [1.165, 1.54) is 0 Å². The first-order valence-corrected chi connectivity index (χ1v) is 3.73. The van der Waals surface area contributed by atoms with Crippen molar-refractivity contribution in [2.45, 2.75) is 26.2 Å². The smallest absolute Gasteiger partial charge is 0.127 e. The average Bonchev–Trinajstić information content (AvgIpc) is 1.82. The molecule has 2 heteroatoms. The summed E-state index contributed by atoms with van der Waals surface area (Å²) in [5.41, 5.74) is 0.724. The standard InChI is InChI=1S/C7H12OSi/c1-3-4-5-6(2)7(8)9/h9H,2-5H2,1H3. The van der Waals surface area contributed by atoms with E-state index in [1.54, 1.807) is 0 Å². The van der Waals surface area contributed by atoms with Crippen LogP contribution in [0.5, 0.6) is 0 Å². The number of allylic oxidation sites excluding steroid dienone is 1. The van der Waals surface area contributed by atoms with Gasteiger partial charge in [0.2, 0.25) is 0 Å². The van der Waals surface area contributed by atoms with Gasteiger partial charge >= 0.3 is 0 Å². The highest BCUT2D eigenvalue weighted by molar-refractivity contribution is 6.62. The predicted molar refractivity (Wildman–Crippen MR) is 40.8 cm³/mol. The fourth-order valence-electron chi connectivity index (χ4n) is 0.513. The summed E-state index contributed by atoms with van der Waals surface area (Å²) in [6.07, 6.45) is 3.04. The molecule has 0 aromatic carbocycles. The Morgan fingerprint density at radius 3 is 2.56 bits per heavy atom. The van der Waals surface area contributed by atoms with Gasteiger partial charge in [-0.3, -0.25) is 0 Å². The van der Waals surface area contributed by atoms with Gasteiger partial charge in [0.1, 0.15) is 15.6 Å². The second kappa shape index (κ2) is 4.50. The zero-order valence-electron chi connectivity index (χ0n) is 5.81. The molecule has 0 aliphatic carbocycles. The van der Waals surface area contributed by atoms with Crippen molar-refractivity contribution < 1.29 is 4.79 Å². The Hall–Kier alpha value is -0.373. The van der Waals surface area contributed by atoms with Crippen molar-refractivity contribution in [2.75, 3.05) is 0 Å². The van der Waals surface area contributed by atoms with Crippen LogP contribution < -0.4 is 0 Å². The molecule has 0 heterocycles. The Labute approximate surface area is 59.6 Å². The number of unbranched alkanes of at least 4 members (excludes halogenated alkanes) is 1. The summed E-state index contributed by atoms with van der Waals surface area (Å²) in [6, 6.07) is 0. The Kier molecular flexibility index (Phi) is 4.31. The van der Waals surface area contributed by atoms with Gasteiger partial charge in [-0.2, -0.15) is 0 Å². The summed E-state index contributed by atoms with van der Waals surface area (Å²) in [5.74, 6) is 0. The number of hydrogen-bond acceptors (Lipinski definition) is 1. The third-order valence-electron chi connectivity index (χ3n) is 1.18. The lowest BCUT2D eigenvalue weighted by atomic mass is 10.1. The molecule has 0 aromatic heterocycles. The second-order valence-corrected chi connectivity index (χ2v) is 2.60. The molecule has 0 aromatic rings. The van der Waals surface area contributed by atoms with E-state index in [9.17, 15) is 4.79 Å². The molecule has 0 rings (SSSR count). The highest BCUT2D eigenvalue weighted by Crippen LogP contribution is 2.03. The number of carbonyl (C=O) groups excluding carboxylic acids is 1. The molecule has 0 bridgehead atoms. The van der Waals surface area contributed by atoms with Crippen LogP contribution in [-0.4, -0.2) is 15.6 Å². The fourth-order valence-corrected chi connectivity index (χ4v) is 0.658.